The summed E-state index contributed by atoms with van der Waals surface area (Å²) in [6, 6.07) is 2.82. The Hall–Kier alpha value is -4.63. The molecule has 0 spiro atoms. The first-order chi connectivity index (χ1) is 25.3. The number of hydrogen-bond donors (Lipinski definition) is 3. The Bertz CT molecular complexity index is 1980. The summed E-state index contributed by atoms with van der Waals surface area (Å²) in [4.78, 5) is 64.3. The zero-order valence-electron chi connectivity index (χ0n) is 29.8. The second-order valence-electron chi connectivity index (χ2n) is 14.4. The summed E-state index contributed by atoms with van der Waals surface area (Å²) in [5.41, 5.74) is 0.265. The number of ether oxygens (including phenoxy) is 4. The number of carboxylic acids is 1. The van der Waals surface area contributed by atoms with E-state index in [1.54, 1.807) is 30.5 Å². The Morgan fingerprint density at radius 1 is 1.08 bits per heavy atom. The van der Waals surface area contributed by atoms with Crippen LogP contribution in [-0.2, 0) is 19.1 Å². The lowest BCUT2D eigenvalue weighted by atomic mass is 10.1. The molecule has 0 bridgehead atoms. The normalized spacial score (nSPS) is 27.4. The van der Waals surface area contributed by atoms with Crippen LogP contribution in [0.1, 0.15) is 52.4 Å². The van der Waals surface area contributed by atoms with Crippen molar-refractivity contribution in [2.24, 2.45) is 17.8 Å². The Kier molecular flexibility index (Phi) is 9.91. The molecule has 3 amide bonds. The number of pyridine rings is 1. The molecular weight excluding hydrogens is 726 g/mol. The highest BCUT2D eigenvalue weighted by Gasteiger charge is 2.61. The van der Waals surface area contributed by atoms with E-state index in [4.69, 9.17) is 35.5 Å². The molecule has 16 heteroatoms. The fourth-order valence-electron chi connectivity index (χ4n) is 7.83. The number of hydrogen-bond acceptors (Lipinski definition) is 11. The average molecular weight is 768 g/mol. The number of amides is 3. The Labute approximate surface area is 315 Å². The number of aromatic nitrogens is 2. The lowest BCUT2D eigenvalue weighted by Crippen LogP contribution is -2.56. The van der Waals surface area contributed by atoms with Gasteiger partial charge in [-0.25, -0.2) is 19.6 Å². The third-order valence-corrected chi connectivity index (χ3v) is 12.1. The van der Waals surface area contributed by atoms with E-state index < -0.39 is 47.6 Å². The lowest BCUT2D eigenvalue weighted by molar-refractivity contribution is -0.145. The van der Waals surface area contributed by atoms with Crippen LogP contribution in [0, 0.1) is 17.8 Å². The molecule has 7 rings (SSSR count). The van der Waals surface area contributed by atoms with E-state index in [0.29, 0.717) is 62.8 Å². The third-order valence-electron chi connectivity index (χ3n) is 10.9. The second kappa shape index (κ2) is 14.3. The van der Waals surface area contributed by atoms with Crippen molar-refractivity contribution in [3.05, 3.63) is 40.8 Å². The van der Waals surface area contributed by atoms with Gasteiger partial charge in [-0.05, 0) is 68.1 Å². The zero-order valence-corrected chi connectivity index (χ0v) is 31.4. The topological polar surface area (TPSA) is 179 Å². The van der Waals surface area contributed by atoms with Crippen LogP contribution in [-0.4, -0.2) is 94.4 Å². The molecule has 4 fully saturated rings. The molecular formula is C37H42ClN5O9S. The molecule has 53 heavy (non-hydrogen) atoms. The maximum Gasteiger partial charge on any atom is 0.408 e. The Balaban J connectivity index is 1.19. The van der Waals surface area contributed by atoms with Crippen molar-refractivity contribution in [3.8, 4) is 28.1 Å². The predicted molar refractivity (Wildman–Crippen MR) is 195 cm³/mol. The van der Waals surface area contributed by atoms with Crippen molar-refractivity contribution in [1.29, 1.82) is 0 Å². The van der Waals surface area contributed by atoms with Crippen molar-refractivity contribution in [3.63, 3.8) is 0 Å². The quantitative estimate of drug-likeness (QED) is 0.194. The SMILES string of the molecule is C=C(C)C(NC(=O)OC1C[C@@H]2C[C@@H]2C1)C(=O)N1C[C@H](Oc2cc(-c3csc(OC)n3)nc3c(Cl)c(OC)ccc23)C[C@H]1C(=O)N[C@]1(C(=O)O)C[C@H]1CC. The molecule has 3 saturated carbocycles. The number of halogens is 1. The number of nitrogens with zero attached hydrogens (tertiary/aromatic N) is 3. The van der Waals surface area contributed by atoms with Gasteiger partial charge in [-0.1, -0.05) is 42.9 Å². The maximum absolute atomic E-state index is 14.3. The number of carboxylic acid groups (broad SMARTS) is 1. The molecule has 3 aliphatic carbocycles. The lowest BCUT2D eigenvalue weighted by Gasteiger charge is -2.29. The van der Waals surface area contributed by atoms with Gasteiger partial charge in [0.25, 0.3) is 5.19 Å². The number of carbonyl (C=O) groups excluding carboxylic acids is 3. The van der Waals surface area contributed by atoms with Crippen molar-refractivity contribution >= 4 is 57.7 Å². The smallest absolute Gasteiger partial charge is 0.408 e. The Morgan fingerprint density at radius 2 is 1.83 bits per heavy atom. The van der Waals surface area contributed by atoms with Gasteiger partial charge in [-0.15, -0.1) is 0 Å². The second-order valence-corrected chi connectivity index (χ2v) is 15.6. The molecule has 8 atom stereocenters. The van der Waals surface area contributed by atoms with E-state index >= 15 is 0 Å². The predicted octanol–water partition coefficient (Wildman–Crippen LogP) is 5.22. The van der Waals surface area contributed by atoms with E-state index in [0.717, 1.165) is 19.3 Å². The van der Waals surface area contributed by atoms with Gasteiger partial charge in [-0.2, -0.15) is 0 Å². The van der Waals surface area contributed by atoms with Crippen LogP contribution in [0.4, 0.5) is 4.79 Å². The summed E-state index contributed by atoms with van der Waals surface area (Å²) in [6.45, 7) is 7.37. The monoisotopic (exact) mass is 767 g/mol. The number of methoxy groups -OCH3 is 2. The fourth-order valence-corrected chi connectivity index (χ4v) is 8.75. The first-order valence-corrected chi connectivity index (χ1v) is 18.9. The van der Waals surface area contributed by atoms with Gasteiger partial charge >= 0.3 is 12.1 Å². The van der Waals surface area contributed by atoms with Crippen LogP contribution in [0.5, 0.6) is 16.7 Å². The molecule has 1 aliphatic heterocycles. The largest absolute Gasteiger partial charge is 0.495 e. The summed E-state index contributed by atoms with van der Waals surface area (Å²) in [5.74, 6) is -0.634. The minimum atomic E-state index is -1.42. The first-order valence-electron chi connectivity index (χ1n) is 17.7. The molecule has 2 unspecified atom stereocenters. The summed E-state index contributed by atoms with van der Waals surface area (Å²) >= 11 is 8.04. The van der Waals surface area contributed by atoms with E-state index in [1.165, 1.54) is 30.5 Å². The minimum Gasteiger partial charge on any atom is -0.495 e. The van der Waals surface area contributed by atoms with Gasteiger partial charge in [0.2, 0.25) is 11.8 Å². The zero-order chi connectivity index (χ0) is 37.8. The molecule has 2 aromatic heterocycles. The van der Waals surface area contributed by atoms with Crippen molar-refractivity contribution in [1.82, 2.24) is 25.5 Å². The van der Waals surface area contributed by atoms with Crippen molar-refractivity contribution in [2.45, 2.75) is 82.2 Å². The summed E-state index contributed by atoms with van der Waals surface area (Å²) in [5, 5.41) is 18.5. The minimum absolute atomic E-state index is 0.0236. The van der Waals surface area contributed by atoms with Crippen LogP contribution in [0.15, 0.2) is 35.7 Å². The number of carbonyl (C=O) groups is 4. The number of rotatable bonds is 13. The van der Waals surface area contributed by atoms with E-state index in [9.17, 15) is 24.3 Å². The van der Waals surface area contributed by atoms with E-state index in [1.807, 2.05) is 6.92 Å². The molecule has 0 radical (unpaired) electrons. The standard InChI is InChI=1S/C37H42ClN5O9S/c1-6-20-14-37(20,34(46)47)42-32(44)26-12-22(15-43(26)33(45)30(17(2)3)41-35(48)52-21-10-18-9-19(18)11-21)51-28-13-24(25-16-53-36(40-25)50-5)39-31-23(28)7-8-27(49-4)29(31)38/h7-8,13,16,18-22,26,30H,2,6,9-12,14-15H2,1,3-5H3,(H,41,48)(H,42,44)(H,46,47)/t18-,19+,20-,21?,22-,26+,30?,37-/m1/s1. The average Bonchev–Trinajstić information content (AvgIpc) is 3.78. The number of alkyl carbamates (subject to hydrolysis) is 1. The molecule has 3 heterocycles. The molecule has 4 aliphatic rings. The highest BCUT2D eigenvalue weighted by Crippen LogP contribution is 2.52. The van der Waals surface area contributed by atoms with Crippen molar-refractivity contribution in [2.75, 3.05) is 20.8 Å². The number of thiazole rings is 1. The number of benzene rings is 1. The molecule has 3 aromatic rings. The highest BCUT2D eigenvalue weighted by molar-refractivity contribution is 7.11. The summed E-state index contributed by atoms with van der Waals surface area (Å²) in [6.07, 6.45) is 1.96. The number of likely N-dealkylation sites (tertiary alicyclic amines) is 1. The van der Waals surface area contributed by atoms with E-state index in [2.05, 4.69) is 22.2 Å². The maximum atomic E-state index is 14.3. The van der Waals surface area contributed by atoms with Crippen LogP contribution in [0.3, 0.4) is 0 Å². The molecule has 1 saturated heterocycles. The highest BCUT2D eigenvalue weighted by atomic mass is 35.5. The van der Waals surface area contributed by atoms with Gasteiger partial charge in [-0.3, -0.25) is 9.59 Å². The van der Waals surface area contributed by atoms with Gasteiger partial charge < -0.3 is 39.6 Å². The van der Waals surface area contributed by atoms with Crippen LogP contribution >= 0.6 is 22.9 Å². The summed E-state index contributed by atoms with van der Waals surface area (Å²) < 4.78 is 23.0. The van der Waals surface area contributed by atoms with Crippen LogP contribution < -0.4 is 24.8 Å². The van der Waals surface area contributed by atoms with Gasteiger partial charge in [0.05, 0.1) is 32.0 Å². The Morgan fingerprint density at radius 3 is 2.45 bits per heavy atom. The van der Waals surface area contributed by atoms with Gasteiger partial charge in [0, 0.05) is 23.3 Å². The van der Waals surface area contributed by atoms with E-state index in [-0.39, 0.29) is 36.4 Å². The molecule has 14 nitrogen and oxygen atoms in total. The van der Waals surface area contributed by atoms with Crippen molar-refractivity contribution < 1.29 is 43.2 Å². The molecule has 282 valence electrons. The first kappa shape index (κ1) is 36.7. The van der Waals surface area contributed by atoms with Gasteiger partial charge in [0.1, 0.15) is 52.0 Å². The number of fused-ring (bicyclic) bond motifs is 2. The summed E-state index contributed by atoms with van der Waals surface area (Å²) in [7, 11) is 3.02. The molecule has 3 N–H and O–H groups in total. The number of nitrogens with one attached hydrogen (secondary N) is 2. The fraction of sp³-hybridized carbons (Fsp3) is 0.514. The van der Waals surface area contributed by atoms with Crippen LogP contribution in [0.2, 0.25) is 5.02 Å². The third kappa shape index (κ3) is 7.08. The molecule has 1 aromatic carbocycles. The van der Waals surface area contributed by atoms with Crippen LogP contribution in [0.25, 0.3) is 22.3 Å². The van der Waals surface area contributed by atoms with Gasteiger partial charge in [0.15, 0.2) is 0 Å². The number of aliphatic carboxylic acids is 1.